The number of hydrogen-bond acceptors (Lipinski definition) is 5. The quantitative estimate of drug-likeness (QED) is 0.875. The van der Waals surface area contributed by atoms with Crippen LogP contribution in [-0.4, -0.2) is 31.5 Å². The number of sulfonamides is 1. The zero-order valence-corrected chi connectivity index (χ0v) is 15.5. The molecule has 134 valence electrons. The lowest BCUT2D eigenvalue weighted by molar-refractivity contribution is 0.599. The number of hydrogen-bond donors (Lipinski definition) is 1. The van der Waals surface area contributed by atoms with Gasteiger partial charge in [0.15, 0.2) is 0 Å². The molecule has 1 N–H and O–H groups in total. The molecule has 1 aliphatic heterocycles. The fourth-order valence-electron chi connectivity index (χ4n) is 2.74. The van der Waals surface area contributed by atoms with Crippen LogP contribution in [0.2, 0.25) is 5.02 Å². The summed E-state index contributed by atoms with van der Waals surface area (Å²) in [4.78, 5) is 10.8. The standard InChI is InChI=1S/C16H18ClFN4O2S/c1-10-15(11(2)20-16(19-10)22-7-3-4-8-22)21-25(23,24)12-5-6-14(18)13(17)9-12/h5-6,9,21H,3-4,7-8H2,1-2H3. The van der Waals surface area contributed by atoms with Crippen molar-refractivity contribution in [3.8, 4) is 0 Å². The Morgan fingerprint density at radius 2 is 1.76 bits per heavy atom. The molecule has 0 radical (unpaired) electrons. The first kappa shape index (κ1) is 17.9. The minimum Gasteiger partial charge on any atom is -0.341 e. The van der Waals surface area contributed by atoms with Gasteiger partial charge < -0.3 is 4.90 Å². The molecule has 0 aliphatic carbocycles. The van der Waals surface area contributed by atoms with Crippen molar-refractivity contribution in [1.29, 1.82) is 0 Å². The topological polar surface area (TPSA) is 75.2 Å². The molecule has 3 rings (SSSR count). The predicted molar refractivity (Wildman–Crippen MR) is 95.2 cm³/mol. The van der Waals surface area contributed by atoms with Crippen LogP contribution in [0.5, 0.6) is 0 Å². The molecule has 1 fully saturated rings. The highest BCUT2D eigenvalue weighted by molar-refractivity contribution is 7.92. The lowest BCUT2D eigenvalue weighted by atomic mass is 10.3. The molecule has 9 heteroatoms. The van der Waals surface area contributed by atoms with E-state index in [1.807, 2.05) is 0 Å². The van der Waals surface area contributed by atoms with Crippen molar-refractivity contribution < 1.29 is 12.8 Å². The van der Waals surface area contributed by atoms with E-state index in [-0.39, 0.29) is 9.92 Å². The van der Waals surface area contributed by atoms with Crippen LogP contribution >= 0.6 is 11.6 Å². The SMILES string of the molecule is Cc1nc(N2CCCC2)nc(C)c1NS(=O)(=O)c1ccc(F)c(Cl)c1. The Hall–Kier alpha value is -1.93. The van der Waals surface area contributed by atoms with Crippen LogP contribution in [0.3, 0.4) is 0 Å². The average Bonchev–Trinajstić information content (AvgIpc) is 3.07. The Morgan fingerprint density at radius 1 is 1.16 bits per heavy atom. The molecule has 1 aliphatic rings. The largest absolute Gasteiger partial charge is 0.341 e. The molecule has 25 heavy (non-hydrogen) atoms. The fraction of sp³-hybridized carbons (Fsp3) is 0.375. The summed E-state index contributed by atoms with van der Waals surface area (Å²) in [6.45, 7) is 5.25. The molecule has 0 amide bonds. The summed E-state index contributed by atoms with van der Waals surface area (Å²) in [6, 6.07) is 3.25. The Balaban J connectivity index is 1.92. The van der Waals surface area contributed by atoms with Gasteiger partial charge in [-0.1, -0.05) is 11.6 Å². The van der Waals surface area contributed by atoms with Gasteiger partial charge in [-0.25, -0.2) is 22.8 Å². The Kier molecular flexibility index (Phi) is 4.83. The third kappa shape index (κ3) is 3.69. The third-order valence-corrected chi connectivity index (χ3v) is 5.72. The monoisotopic (exact) mass is 384 g/mol. The lowest BCUT2D eigenvalue weighted by Gasteiger charge is -2.19. The number of nitrogens with one attached hydrogen (secondary N) is 1. The van der Waals surface area contributed by atoms with Gasteiger partial charge in [-0.3, -0.25) is 4.72 Å². The number of halogens is 2. The van der Waals surface area contributed by atoms with E-state index in [1.165, 1.54) is 0 Å². The highest BCUT2D eigenvalue weighted by Gasteiger charge is 2.22. The number of anilines is 2. The van der Waals surface area contributed by atoms with Crippen molar-refractivity contribution in [2.24, 2.45) is 0 Å². The van der Waals surface area contributed by atoms with Crippen LogP contribution in [0.25, 0.3) is 0 Å². The van der Waals surface area contributed by atoms with Gasteiger partial charge in [-0.2, -0.15) is 0 Å². The van der Waals surface area contributed by atoms with Crippen LogP contribution in [0, 0.1) is 19.7 Å². The van der Waals surface area contributed by atoms with E-state index in [2.05, 4.69) is 19.6 Å². The highest BCUT2D eigenvalue weighted by atomic mass is 35.5. The van der Waals surface area contributed by atoms with E-state index < -0.39 is 15.8 Å². The first-order chi connectivity index (χ1) is 11.8. The van der Waals surface area contributed by atoms with Gasteiger partial charge in [-0.15, -0.1) is 0 Å². The molecule has 0 atom stereocenters. The minimum absolute atomic E-state index is 0.124. The normalized spacial score (nSPS) is 14.8. The summed E-state index contributed by atoms with van der Waals surface area (Å²) in [5.74, 6) is -0.0634. The van der Waals surface area contributed by atoms with E-state index in [9.17, 15) is 12.8 Å². The first-order valence-corrected chi connectivity index (χ1v) is 9.72. The fourth-order valence-corrected chi connectivity index (χ4v) is 4.19. The zero-order chi connectivity index (χ0) is 18.2. The maximum atomic E-state index is 13.3. The van der Waals surface area contributed by atoms with E-state index in [1.54, 1.807) is 13.8 Å². The summed E-state index contributed by atoms with van der Waals surface area (Å²) in [6.07, 6.45) is 2.20. The highest BCUT2D eigenvalue weighted by Crippen LogP contribution is 2.26. The van der Waals surface area contributed by atoms with Crippen LogP contribution in [0.15, 0.2) is 23.1 Å². The molecule has 6 nitrogen and oxygen atoms in total. The Bertz CT molecular complexity index is 891. The second-order valence-electron chi connectivity index (χ2n) is 5.94. The number of benzene rings is 1. The second kappa shape index (κ2) is 6.76. The summed E-state index contributed by atoms with van der Waals surface area (Å²) in [5.41, 5.74) is 1.39. The van der Waals surface area contributed by atoms with E-state index in [0.717, 1.165) is 44.1 Å². The van der Waals surface area contributed by atoms with Gasteiger partial charge in [0.05, 0.1) is 27.0 Å². The maximum Gasteiger partial charge on any atom is 0.262 e. The van der Waals surface area contributed by atoms with Gasteiger partial charge >= 0.3 is 0 Å². The van der Waals surface area contributed by atoms with Gasteiger partial charge in [0, 0.05) is 13.1 Å². The first-order valence-electron chi connectivity index (χ1n) is 7.86. The average molecular weight is 385 g/mol. The second-order valence-corrected chi connectivity index (χ2v) is 8.03. The van der Waals surface area contributed by atoms with Gasteiger partial charge in [0.1, 0.15) is 5.82 Å². The molecule has 1 aromatic carbocycles. The van der Waals surface area contributed by atoms with Crippen molar-refractivity contribution in [2.45, 2.75) is 31.6 Å². The van der Waals surface area contributed by atoms with Crippen molar-refractivity contribution >= 4 is 33.3 Å². The molecule has 0 unspecified atom stereocenters. The summed E-state index contributed by atoms with van der Waals surface area (Å²) < 4.78 is 40.9. The van der Waals surface area contributed by atoms with Gasteiger partial charge in [0.25, 0.3) is 10.0 Å². The van der Waals surface area contributed by atoms with Crippen LogP contribution in [0.4, 0.5) is 16.0 Å². The summed E-state index contributed by atoms with van der Waals surface area (Å²) >= 11 is 5.68. The molecule has 0 bridgehead atoms. The van der Waals surface area contributed by atoms with E-state index >= 15 is 0 Å². The minimum atomic E-state index is -3.92. The molecule has 1 saturated heterocycles. The maximum absolute atomic E-state index is 13.3. The number of rotatable bonds is 4. The Morgan fingerprint density at radius 3 is 2.32 bits per heavy atom. The van der Waals surface area contributed by atoms with Crippen molar-refractivity contribution in [3.63, 3.8) is 0 Å². The molecule has 0 spiro atoms. The smallest absolute Gasteiger partial charge is 0.262 e. The third-order valence-electron chi connectivity index (χ3n) is 4.09. The van der Waals surface area contributed by atoms with E-state index in [0.29, 0.717) is 23.0 Å². The number of aromatic nitrogens is 2. The molecule has 2 aromatic rings. The molecule has 0 saturated carbocycles. The van der Waals surface area contributed by atoms with Crippen LogP contribution in [-0.2, 0) is 10.0 Å². The van der Waals surface area contributed by atoms with E-state index in [4.69, 9.17) is 11.6 Å². The molecular weight excluding hydrogens is 367 g/mol. The molecular formula is C16H18ClFN4O2S. The Labute approximate surface area is 151 Å². The molecule has 1 aromatic heterocycles. The van der Waals surface area contributed by atoms with Crippen molar-refractivity contribution in [2.75, 3.05) is 22.7 Å². The zero-order valence-electron chi connectivity index (χ0n) is 13.9. The van der Waals surface area contributed by atoms with Gasteiger partial charge in [-0.05, 0) is 44.9 Å². The molecule has 2 heterocycles. The summed E-state index contributed by atoms with van der Waals surface area (Å²) in [5, 5.41) is -0.253. The number of nitrogens with zero attached hydrogens (tertiary/aromatic N) is 3. The lowest BCUT2D eigenvalue weighted by Crippen LogP contribution is -2.22. The van der Waals surface area contributed by atoms with Gasteiger partial charge in [0.2, 0.25) is 5.95 Å². The van der Waals surface area contributed by atoms with Crippen LogP contribution in [0.1, 0.15) is 24.2 Å². The summed E-state index contributed by atoms with van der Waals surface area (Å²) in [7, 11) is -3.92. The van der Waals surface area contributed by atoms with Crippen LogP contribution < -0.4 is 9.62 Å². The predicted octanol–water partition coefficient (Wildman–Crippen LogP) is 3.29. The van der Waals surface area contributed by atoms with Crippen molar-refractivity contribution in [1.82, 2.24) is 9.97 Å². The number of aryl methyl sites for hydroxylation is 2. The van der Waals surface area contributed by atoms with Crippen molar-refractivity contribution in [3.05, 3.63) is 40.4 Å².